The summed E-state index contributed by atoms with van der Waals surface area (Å²) in [6, 6.07) is 13.7. The summed E-state index contributed by atoms with van der Waals surface area (Å²) in [7, 11) is 0. The maximum atomic E-state index is 12.2. The maximum absolute atomic E-state index is 12.2. The zero-order valence-corrected chi connectivity index (χ0v) is 21.1. The van der Waals surface area contributed by atoms with Crippen LogP contribution in [0.3, 0.4) is 0 Å². The fourth-order valence-corrected chi connectivity index (χ4v) is 5.44. The van der Waals surface area contributed by atoms with E-state index in [0.717, 1.165) is 55.7 Å². The number of hydrogen-bond donors (Lipinski definition) is 3. The Morgan fingerprint density at radius 3 is 2.74 bits per heavy atom. The molecule has 1 aromatic carbocycles. The van der Waals surface area contributed by atoms with Gasteiger partial charge in [0.05, 0.1) is 33.2 Å². The first kappa shape index (κ1) is 22.5. The number of pyridine rings is 2. The Morgan fingerprint density at radius 2 is 1.92 bits per heavy atom. The van der Waals surface area contributed by atoms with Gasteiger partial charge < -0.3 is 10.3 Å². The van der Waals surface area contributed by atoms with Crippen LogP contribution in [0.5, 0.6) is 0 Å². The first-order chi connectivity index (χ1) is 18.5. The summed E-state index contributed by atoms with van der Waals surface area (Å²) in [5, 5.41) is 11.3. The van der Waals surface area contributed by atoms with E-state index in [1.165, 1.54) is 11.3 Å². The number of carbonyl (C=O) groups is 2. The summed E-state index contributed by atoms with van der Waals surface area (Å²) in [4.78, 5) is 42.9. The van der Waals surface area contributed by atoms with Gasteiger partial charge in [0.25, 0.3) is 0 Å². The van der Waals surface area contributed by atoms with Gasteiger partial charge in [-0.05, 0) is 50.1 Å². The average molecular weight is 520 g/mol. The van der Waals surface area contributed by atoms with E-state index in [4.69, 9.17) is 4.98 Å². The number of hydrogen-bond acceptors (Lipinski definition) is 7. The normalized spacial score (nSPS) is 13.3. The minimum atomic E-state index is 0.0407. The topological polar surface area (TPSA) is 129 Å². The number of rotatable bonds is 6. The molecule has 1 fully saturated rings. The number of H-pyrrole nitrogens is 2. The molecule has 0 radical (unpaired) electrons. The van der Waals surface area contributed by atoms with Gasteiger partial charge in [-0.2, -0.15) is 5.10 Å². The minimum absolute atomic E-state index is 0.0407. The molecule has 0 atom stereocenters. The zero-order valence-electron chi connectivity index (χ0n) is 20.3. The van der Waals surface area contributed by atoms with Crippen molar-refractivity contribution in [2.24, 2.45) is 5.92 Å². The minimum Gasteiger partial charge on any atom is -0.337 e. The van der Waals surface area contributed by atoms with Crippen molar-refractivity contribution in [2.45, 2.75) is 19.8 Å². The summed E-state index contributed by atoms with van der Waals surface area (Å²) in [5.41, 5.74) is 6.28. The summed E-state index contributed by atoms with van der Waals surface area (Å²) >= 11 is 1.46. The number of imidazole rings is 1. The van der Waals surface area contributed by atoms with Crippen molar-refractivity contribution in [1.29, 1.82) is 0 Å². The van der Waals surface area contributed by atoms with Crippen molar-refractivity contribution in [3.63, 3.8) is 0 Å². The van der Waals surface area contributed by atoms with Gasteiger partial charge in [0, 0.05) is 39.9 Å². The molecular weight excluding hydrogens is 498 g/mol. The second kappa shape index (κ2) is 8.70. The number of amides is 1. The molecule has 186 valence electrons. The molecular formula is C28H21N7O2S. The van der Waals surface area contributed by atoms with Gasteiger partial charge in [-0.1, -0.05) is 12.1 Å². The average Bonchev–Trinajstić information content (AvgIpc) is 3.32. The van der Waals surface area contributed by atoms with Crippen LogP contribution in [-0.4, -0.2) is 41.8 Å². The van der Waals surface area contributed by atoms with Crippen LogP contribution in [0.25, 0.3) is 55.2 Å². The molecule has 5 heterocycles. The van der Waals surface area contributed by atoms with Crippen LogP contribution in [0, 0.1) is 5.92 Å². The summed E-state index contributed by atoms with van der Waals surface area (Å²) in [6.45, 7) is 1.57. The smallest absolute Gasteiger partial charge is 0.227 e. The molecule has 6 aromatic rings. The van der Waals surface area contributed by atoms with Crippen LogP contribution in [0.4, 0.5) is 5.69 Å². The van der Waals surface area contributed by atoms with Gasteiger partial charge in [0.2, 0.25) is 5.91 Å². The molecule has 0 bridgehead atoms. The van der Waals surface area contributed by atoms with Crippen LogP contribution in [0.2, 0.25) is 0 Å². The third-order valence-electron chi connectivity index (χ3n) is 6.66. The van der Waals surface area contributed by atoms with Gasteiger partial charge in [-0.3, -0.25) is 19.7 Å². The summed E-state index contributed by atoms with van der Waals surface area (Å²) in [5.74, 6) is 0.822. The van der Waals surface area contributed by atoms with E-state index in [0.29, 0.717) is 22.9 Å². The Labute approximate surface area is 220 Å². The number of fused-ring (bicyclic) bond motifs is 2. The first-order valence-electron chi connectivity index (χ1n) is 12.2. The molecule has 3 N–H and O–H groups in total. The van der Waals surface area contributed by atoms with Crippen molar-refractivity contribution < 1.29 is 9.59 Å². The molecule has 1 aliphatic rings. The number of aromatic amines is 2. The Morgan fingerprint density at radius 1 is 1.05 bits per heavy atom. The number of aromatic nitrogens is 6. The van der Waals surface area contributed by atoms with Crippen molar-refractivity contribution in [3.8, 4) is 33.1 Å². The number of nitrogens with one attached hydrogen (secondary N) is 3. The number of Topliss-reactive ketones (excluding diaryl/α,β-unsaturated/α-hetero) is 1. The standard InChI is InChI=1S/C28H21N7O2S/c1-14(36)22-7-8-23(38-22)19-3-2-4-21-24(19)33-27(32-21)25-20-10-17(12-30-26(20)35-34-25)16-9-18(13-29-11-16)31-28(37)15-5-6-15/h2-4,7-13,15H,5-6H2,1H3,(H,31,37)(H,32,33)(H,30,34,35). The fraction of sp³-hybridized carbons (Fsp3) is 0.143. The van der Waals surface area contributed by atoms with Gasteiger partial charge in [-0.25, -0.2) is 9.97 Å². The third-order valence-corrected chi connectivity index (χ3v) is 7.88. The molecule has 1 aliphatic carbocycles. The van der Waals surface area contributed by atoms with Crippen LogP contribution >= 0.6 is 11.3 Å². The SMILES string of the molecule is CC(=O)c1ccc(-c2cccc3[nH]c(-c4n[nH]c5ncc(-c6cncc(NC(=O)C7CC7)c6)cc45)nc23)s1. The van der Waals surface area contributed by atoms with Gasteiger partial charge in [0.1, 0.15) is 5.69 Å². The number of para-hydroxylation sites is 1. The summed E-state index contributed by atoms with van der Waals surface area (Å²) in [6.07, 6.45) is 7.04. The Balaban J connectivity index is 1.27. The number of ketones is 1. The predicted octanol–water partition coefficient (Wildman–Crippen LogP) is 5.84. The Kier molecular flexibility index (Phi) is 5.15. The molecule has 7 rings (SSSR count). The first-order valence-corrected chi connectivity index (χ1v) is 13.1. The molecule has 1 amide bonds. The number of nitrogens with zero attached hydrogens (tertiary/aromatic N) is 4. The third kappa shape index (κ3) is 3.95. The zero-order chi connectivity index (χ0) is 25.8. The van der Waals surface area contributed by atoms with E-state index in [1.807, 2.05) is 42.5 Å². The lowest BCUT2D eigenvalue weighted by Crippen LogP contribution is -2.13. The maximum Gasteiger partial charge on any atom is 0.227 e. The van der Waals surface area contributed by atoms with Crippen molar-refractivity contribution in [1.82, 2.24) is 30.1 Å². The van der Waals surface area contributed by atoms with Crippen LogP contribution < -0.4 is 5.32 Å². The summed E-state index contributed by atoms with van der Waals surface area (Å²) < 4.78 is 0. The Bertz CT molecular complexity index is 1880. The largest absolute Gasteiger partial charge is 0.337 e. The number of anilines is 1. The number of carbonyl (C=O) groups excluding carboxylic acids is 2. The monoisotopic (exact) mass is 519 g/mol. The molecule has 9 nitrogen and oxygen atoms in total. The molecule has 0 aliphatic heterocycles. The van der Waals surface area contributed by atoms with Gasteiger partial charge in [-0.15, -0.1) is 11.3 Å². The lowest BCUT2D eigenvalue weighted by Gasteiger charge is -2.06. The Hall–Kier alpha value is -4.70. The molecule has 38 heavy (non-hydrogen) atoms. The number of thiophene rings is 1. The van der Waals surface area contributed by atoms with Gasteiger partial charge in [0.15, 0.2) is 17.3 Å². The predicted molar refractivity (Wildman–Crippen MR) is 147 cm³/mol. The fourth-order valence-electron chi connectivity index (χ4n) is 4.51. The van der Waals surface area contributed by atoms with E-state index >= 15 is 0 Å². The van der Waals surface area contributed by atoms with E-state index < -0.39 is 0 Å². The highest BCUT2D eigenvalue weighted by atomic mass is 32.1. The van der Waals surface area contributed by atoms with Crippen molar-refractivity contribution >= 4 is 50.8 Å². The highest BCUT2D eigenvalue weighted by Gasteiger charge is 2.29. The van der Waals surface area contributed by atoms with Gasteiger partial charge >= 0.3 is 0 Å². The van der Waals surface area contributed by atoms with Crippen LogP contribution in [0.1, 0.15) is 29.4 Å². The highest BCUT2D eigenvalue weighted by Crippen LogP contribution is 2.36. The van der Waals surface area contributed by atoms with Crippen molar-refractivity contribution in [3.05, 3.63) is 65.9 Å². The lowest BCUT2D eigenvalue weighted by atomic mass is 10.1. The molecule has 10 heteroatoms. The van der Waals surface area contributed by atoms with E-state index in [2.05, 4.69) is 30.5 Å². The molecule has 1 saturated carbocycles. The second-order valence-electron chi connectivity index (χ2n) is 9.43. The van der Waals surface area contributed by atoms with E-state index in [1.54, 1.807) is 25.5 Å². The van der Waals surface area contributed by atoms with Crippen LogP contribution in [-0.2, 0) is 4.79 Å². The highest BCUT2D eigenvalue weighted by molar-refractivity contribution is 7.17. The lowest BCUT2D eigenvalue weighted by molar-refractivity contribution is -0.117. The van der Waals surface area contributed by atoms with Crippen molar-refractivity contribution in [2.75, 3.05) is 5.32 Å². The molecule has 0 unspecified atom stereocenters. The second-order valence-corrected chi connectivity index (χ2v) is 10.5. The molecule has 0 saturated heterocycles. The molecule has 0 spiro atoms. The molecule has 5 aromatic heterocycles. The number of benzene rings is 1. The quantitative estimate of drug-likeness (QED) is 0.237. The van der Waals surface area contributed by atoms with E-state index in [-0.39, 0.29) is 17.6 Å². The van der Waals surface area contributed by atoms with Crippen LogP contribution in [0.15, 0.2) is 61.1 Å². The van der Waals surface area contributed by atoms with E-state index in [9.17, 15) is 9.59 Å².